The number of nitrogens with one attached hydrogen (secondary N) is 1. The molecule has 3 aromatic rings. The predicted molar refractivity (Wildman–Crippen MR) is 112 cm³/mol. The lowest BCUT2D eigenvalue weighted by Gasteiger charge is -2.31. The van der Waals surface area contributed by atoms with Gasteiger partial charge in [0.15, 0.2) is 16.4 Å². The molecular formula is C20H22ClN5O2S. The Hall–Kier alpha value is -2.45. The predicted octanol–water partition coefficient (Wildman–Crippen LogP) is 4.12. The number of halogens is 1. The molecule has 0 bridgehead atoms. The fourth-order valence-corrected chi connectivity index (χ4v) is 4.06. The molecule has 3 heterocycles. The minimum absolute atomic E-state index is 0.122. The number of aryl methyl sites for hydroxylation is 1. The molecule has 0 aliphatic carbocycles. The van der Waals surface area contributed by atoms with E-state index in [1.54, 1.807) is 6.20 Å². The molecule has 1 saturated heterocycles. The molecule has 0 unspecified atom stereocenters. The van der Waals surface area contributed by atoms with Crippen LogP contribution in [0, 0.1) is 4.77 Å². The van der Waals surface area contributed by atoms with Crippen molar-refractivity contribution in [1.29, 1.82) is 0 Å². The van der Waals surface area contributed by atoms with Gasteiger partial charge in [-0.3, -0.25) is 9.89 Å². The Morgan fingerprint density at radius 3 is 2.79 bits per heavy atom. The zero-order valence-electron chi connectivity index (χ0n) is 16.1. The third-order valence-electron chi connectivity index (χ3n) is 5.37. The van der Waals surface area contributed by atoms with Crippen molar-refractivity contribution in [3.8, 4) is 11.3 Å². The smallest absolute Gasteiger partial charge is 0.223 e. The van der Waals surface area contributed by atoms with Crippen molar-refractivity contribution in [3.05, 3.63) is 52.0 Å². The number of carbonyl (C=O) groups is 1. The van der Waals surface area contributed by atoms with Gasteiger partial charge in [0.1, 0.15) is 5.82 Å². The fraction of sp³-hybridized carbons (Fsp3) is 0.400. The molecule has 9 heteroatoms. The maximum absolute atomic E-state index is 12.6. The standard InChI is InChI=1S/C20H22ClN5O2S/c1-25-19(23-24-20(25)29)13-8-10-26(11-9-13)18(27)7-6-17-22-12-16(28-17)14-4-2-3-5-15(14)21/h2-5,12-13H,6-11H2,1H3,(H,24,29). The van der Waals surface area contributed by atoms with Gasteiger partial charge in [0, 0.05) is 44.5 Å². The first-order chi connectivity index (χ1) is 14.0. The second-order valence-corrected chi connectivity index (χ2v) is 7.99. The number of amides is 1. The summed E-state index contributed by atoms with van der Waals surface area (Å²) >= 11 is 11.4. The Kier molecular flexibility index (Phi) is 5.82. The topological polar surface area (TPSA) is 79.9 Å². The van der Waals surface area contributed by atoms with Crippen molar-refractivity contribution >= 4 is 29.7 Å². The Morgan fingerprint density at radius 2 is 2.10 bits per heavy atom. The van der Waals surface area contributed by atoms with Crippen molar-refractivity contribution < 1.29 is 9.21 Å². The van der Waals surface area contributed by atoms with E-state index in [9.17, 15) is 4.79 Å². The lowest BCUT2D eigenvalue weighted by Crippen LogP contribution is -2.38. The van der Waals surface area contributed by atoms with Gasteiger partial charge >= 0.3 is 0 Å². The molecule has 2 aromatic heterocycles. The van der Waals surface area contributed by atoms with Crippen LogP contribution >= 0.6 is 23.8 Å². The van der Waals surface area contributed by atoms with Gasteiger partial charge in [0.2, 0.25) is 5.91 Å². The second kappa shape index (κ2) is 8.51. The molecule has 1 aliphatic rings. The summed E-state index contributed by atoms with van der Waals surface area (Å²) in [5, 5.41) is 7.78. The number of aromatic nitrogens is 4. The SMILES string of the molecule is Cn1c(C2CCN(C(=O)CCc3ncc(-c4ccccc4Cl)o3)CC2)n[nH]c1=S. The first-order valence-electron chi connectivity index (χ1n) is 9.61. The molecule has 1 N–H and O–H groups in total. The highest BCUT2D eigenvalue weighted by Crippen LogP contribution is 2.29. The summed E-state index contributed by atoms with van der Waals surface area (Å²) in [6.07, 6.45) is 4.27. The Labute approximate surface area is 178 Å². The molecule has 7 nitrogen and oxygen atoms in total. The quantitative estimate of drug-likeness (QED) is 0.614. The number of likely N-dealkylation sites (tertiary alicyclic amines) is 1. The van der Waals surface area contributed by atoms with E-state index in [0.717, 1.165) is 37.3 Å². The molecular weight excluding hydrogens is 410 g/mol. The van der Waals surface area contributed by atoms with Gasteiger partial charge < -0.3 is 13.9 Å². The molecule has 0 saturated carbocycles. The van der Waals surface area contributed by atoms with E-state index >= 15 is 0 Å². The van der Waals surface area contributed by atoms with Gasteiger partial charge in [-0.1, -0.05) is 23.7 Å². The highest BCUT2D eigenvalue weighted by Gasteiger charge is 2.26. The van der Waals surface area contributed by atoms with Crippen LogP contribution in [0.4, 0.5) is 0 Å². The van der Waals surface area contributed by atoms with Gasteiger partial charge in [-0.25, -0.2) is 4.98 Å². The maximum Gasteiger partial charge on any atom is 0.223 e. The van der Waals surface area contributed by atoms with Crippen molar-refractivity contribution in [2.24, 2.45) is 7.05 Å². The minimum atomic E-state index is 0.122. The van der Waals surface area contributed by atoms with E-state index < -0.39 is 0 Å². The number of rotatable bonds is 5. The summed E-state index contributed by atoms with van der Waals surface area (Å²) in [7, 11) is 1.92. The highest BCUT2D eigenvalue weighted by molar-refractivity contribution is 7.71. The van der Waals surface area contributed by atoms with E-state index in [1.807, 2.05) is 40.8 Å². The lowest BCUT2D eigenvalue weighted by molar-refractivity contribution is -0.132. The Balaban J connectivity index is 1.30. The molecule has 1 fully saturated rings. The van der Waals surface area contributed by atoms with Crippen molar-refractivity contribution in [1.82, 2.24) is 24.6 Å². The maximum atomic E-state index is 12.6. The normalized spacial score (nSPS) is 15.0. The van der Waals surface area contributed by atoms with Gasteiger partial charge in [-0.2, -0.15) is 5.10 Å². The molecule has 1 aliphatic heterocycles. The number of aromatic amines is 1. The molecule has 0 atom stereocenters. The number of hydrogen-bond acceptors (Lipinski definition) is 5. The highest BCUT2D eigenvalue weighted by atomic mass is 35.5. The number of oxazole rings is 1. The van der Waals surface area contributed by atoms with Crippen LogP contribution in [0.5, 0.6) is 0 Å². The molecule has 4 rings (SSSR count). The third kappa shape index (κ3) is 4.28. The molecule has 152 valence electrons. The summed E-state index contributed by atoms with van der Waals surface area (Å²) in [5.41, 5.74) is 0.801. The number of hydrogen-bond donors (Lipinski definition) is 1. The number of benzene rings is 1. The Bertz CT molecular complexity index is 1060. The Morgan fingerprint density at radius 1 is 1.34 bits per heavy atom. The van der Waals surface area contributed by atoms with Crippen LogP contribution in [0.1, 0.15) is 36.9 Å². The fourth-order valence-electron chi connectivity index (χ4n) is 3.69. The summed E-state index contributed by atoms with van der Waals surface area (Å²) in [5.74, 6) is 2.57. The molecule has 0 spiro atoms. The molecule has 0 radical (unpaired) electrons. The zero-order chi connectivity index (χ0) is 20.4. The lowest BCUT2D eigenvalue weighted by atomic mass is 9.95. The number of H-pyrrole nitrogens is 1. The van der Waals surface area contributed by atoms with Crippen molar-refractivity contribution in [2.75, 3.05) is 13.1 Å². The van der Waals surface area contributed by atoms with E-state index in [0.29, 0.717) is 40.2 Å². The van der Waals surface area contributed by atoms with E-state index in [1.165, 1.54) is 0 Å². The zero-order valence-corrected chi connectivity index (χ0v) is 17.7. The van der Waals surface area contributed by atoms with Crippen LogP contribution in [-0.2, 0) is 18.3 Å². The minimum Gasteiger partial charge on any atom is -0.441 e. The number of piperidine rings is 1. The van der Waals surface area contributed by atoms with E-state index in [4.69, 9.17) is 28.2 Å². The largest absolute Gasteiger partial charge is 0.441 e. The van der Waals surface area contributed by atoms with Crippen LogP contribution in [0.15, 0.2) is 34.9 Å². The first-order valence-corrected chi connectivity index (χ1v) is 10.4. The van der Waals surface area contributed by atoms with Crippen LogP contribution in [0.2, 0.25) is 5.02 Å². The first kappa shape index (κ1) is 19.8. The van der Waals surface area contributed by atoms with Crippen LogP contribution in [-0.4, -0.2) is 43.6 Å². The van der Waals surface area contributed by atoms with Gasteiger partial charge in [-0.05, 0) is 37.2 Å². The summed E-state index contributed by atoms with van der Waals surface area (Å²) in [6, 6.07) is 7.46. The van der Waals surface area contributed by atoms with Crippen LogP contribution < -0.4 is 0 Å². The van der Waals surface area contributed by atoms with Crippen LogP contribution in [0.25, 0.3) is 11.3 Å². The van der Waals surface area contributed by atoms with Crippen molar-refractivity contribution in [2.45, 2.75) is 31.6 Å². The molecule has 1 amide bonds. The van der Waals surface area contributed by atoms with Crippen molar-refractivity contribution in [3.63, 3.8) is 0 Å². The summed E-state index contributed by atoms with van der Waals surface area (Å²) in [6.45, 7) is 1.44. The third-order valence-corrected chi connectivity index (χ3v) is 6.07. The van der Waals surface area contributed by atoms with Crippen LogP contribution in [0.3, 0.4) is 0 Å². The van der Waals surface area contributed by atoms with Gasteiger partial charge in [0.05, 0.1) is 11.2 Å². The van der Waals surface area contributed by atoms with E-state index in [2.05, 4.69) is 15.2 Å². The van der Waals surface area contributed by atoms with Gasteiger partial charge in [0.25, 0.3) is 0 Å². The monoisotopic (exact) mass is 431 g/mol. The summed E-state index contributed by atoms with van der Waals surface area (Å²) in [4.78, 5) is 18.8. The summed E-state index contributed by atoms with van der Waals surface area (Å²) < 4.78 is 8.33. The number of nitrogens with zero attached hydrogens (tertiary/aromatic N) is 4. The molecule has 29 heavy (non-hydrogen) atoms. The molecule has 1 aromatic carbocycles. The van der Waals surface area contributed by atoms with E-state index in [-0.39, 0.29) is 5.91 Å². The average Bonchev–Trinajstić information content (AvgIpc) is 3.34. The second-order valence-electron chi connectivity index (χ2n) is 7.20. The average molecular weight is 432 g/mol. The van der Waals surface area contributed by atoms with Gasteiger partial charge in [-0.15, -0.1) is 0 Å². The number of carbonyl (C=O) groups excluding carboxylic acids is 1.